The third-order valence-corrected chi connectivity index (χ3v) is 5.44. The lowest BCUT2D eigenvalue weighted by atomic mass is 10.1. The maximum atomic E-state index is 12.2. The van der Waals surface area contributed by atoms with Crippen molar-refractivity contribution in [3.05, 3.63) is 64.7 Å². The van der Waals surface area contributed by atoms with Crippen molar-refractivity contribution >= 4 is 57.7 Å². The molecule has 1 aliphatic heterocycles. The minimum absolute atomic E-state index is 0.0594. The van der Waals surface area contributed by atoms with Gasteiger partial charge in [0.1, 0.15) is 5.25 Å². The molecule has 10 heteroatoms. The van der Waals surface area contributed by atoms with Crippen LogP contribution in [0.2, 0.25) is 5.02 Å². The quantitative estimate of drug-likeness (QED) is 0.466. The number of rotatable bonds is 6. The van der Waals surface area contributed by atoms with Gasteiger partial charge in [-0.2, -0.15) is 5.10 Å². The average molecular weight is 445 g/mol. The number of amides is 2. The second kappa shape index (κ2) is 9.55. The Hall–Kier alpha value is -3.17. The van der Waals surface area contributed by atoms with Crippen LogP contribution in [0, 0.1) is 0 Å². The van der Waals surface area contributed by atoms with Crippen molar-refractivity contribution in [2.75, 3.05) is 5.32 Å². The molecule has 0 aromatic heterocycles. The molecule has 3 N–H and O–H groups in total. The van der Waals surface area contributed by atoms with Crippen LogP contribution >= 0.6 is 23.4 Å². The Morgan fingerprint density at radius 3 is 2.40 bits per heavy atom. The Balaban J connectivity index is 1.57. The molecule has 0 radical (unpaired) electrons. The number of hydrogen-bond donors (Lipinski definition) is 3. The minimum atomic E-state index is -1.05. The molecule has 0 bridgehead atoms. The smallest absolute Gasteiger partial charge is 0.335 e. The number of halogens is 1. The largest absolute Gasteiger partial charge is 0.478 e. The molecule has 0 aliphatic carbocycles. The fourth-order valence-corrected chi connectivity index (χ4v) is 3.58. The third-order valence-electron chi connectivity index (χ3n) is 4.12. The number of anilines is 1. The van der Waals surface area contributed by atoms with Crippen LogP contribution in [0.25, 0.3) is 0 Å². The van der Waals surface area contributed by atoms with E-state index in [4.69, 9.17) is 16.7 Å². The molecule has 8 nitrogen and oxygen atoms in total. The molecule has 2 aromatic carbocycles. The molecule has 1 atom stereocenters. The second-order valence-corrected chi connectivity index (χ2v) is 7.96. The van der Waals surface area contributed by atoms with Gasteiger partial charge in [-0.1, -0.05) is 35.5 Å². The highest BCUT2D eigenvalue weighted by Crippen LogP contribution is 2.23. The Morgan fingerprint density at radius 2 is 1.77 bits per heavy atom. The van der Waals surface area contributed by atoms with E-state index in [2.05, 4.69) is 20.8 Å². The molecule has 2 aromatic rings. The second-order valence-electron chi connectivity index (χ2n) is 6.33. The summed E-state index contributed by atoms with van der Waals surface area (Å²) < 4.78 is 0. The van der Waals surface area contributed by atoms with Crippen LogP contribution in [0.1, 0.15) is 29.3 Å². The summed E-state index contributed by atoms with van der Waals surface area (Å²) in [4.78, 5) is 35.2. The summed E-state index contributed by atoms with van der Waals surface area (Å²) in [6.07, 6.45) is -0.0594. The monoisotopic (exact) mass is 444 g/mol. The van der Waals surface area contributed by atoms with E-state index in [0.717, 1.165) is 17.3 Å². The first-order valence-electron chi connectivity index (χ1n) is 8.81. The molecular weight excluding hydrogens is 428 g/mol. The van der Waals surface area contributed by atoms with E-state index in [1.165, 1.54) is 24.3 Å². The van der Waals surface area contributed by atoms with Gasteiger partial charge >= 0.3 is 5.97 Å². The zero-order valence-corrected chi connectivity index (χ0v) is 17.3. The predicted molar refractivity (Wildman–Crippen MR) is 117 cm³/mol. The summed E-state index contributed by atoms with van der Waals surface area (Å²) in [6, 6.07) is 12.9. The Kier molecular flexibility index (Phi) is 6.86. The van der Waals surface area contributed by atoms with Gasteiger partial charge in [0, 0.05) is 17.1 Å². The van der Waals surface area contributed by atoms with Crippen LogP contribution in [-0.2, 0) is 9.59 Å². The van der Waals surface area contributed by atoms with Crippen molar-refractivity contribution in [1.29, 1.82) is 0 Å². The summed E-state index contributed by atoms with van der Waals surface area (Å²) in [6.45, 7) is 1.79. The van der Waals surface area contributed by atoms with E-state index < -0.39 is 11.2 Å². The number of carbonyl (C=O) groups is 3. The molecule has 1 fully saturated rings. The number of carboxylic acid groups (broad SMARTS) is 1. The van der Waals surface area contributed by atoms with Crippen LogP contribution in [0.3, 0.4) is 0 Å². The molecule has 0 spiro atoms. The van der Waals surface area contributed by atoms with Crippen molar-refractivity contribution in [2.24, 2.45) is 10.2 Å². The van der Waals surface area contributed by atoms with E-state index >= 15 is 0 Å². The Morgan fingerprint density at radius 1 is 1.13 bits per heavy atom. The lowest BCUT2D eigenvalue weighted by molar-refractivity contribution is -0.122. The first-order chi connectivity index (χ1) is 14.3. The van der Waals surface area contributed by atoms with Crippen LogP contribution < -0.4 is 10.6 Å². The van der Waals surface area contributed by atoms with Crippen molar-refractivity contribution in [3.63, 3.8) is 0 Å². The maximum absolute atomic E-state index is 12.2. The molecule has 1 heterocycles. The van der Waals surface area contributed by atoms with Crippen LogP contribution in [-0.4, -0.2) is 39.0 Å². The number of carboxylic acids is 1. The molecule has 0 saturated carbocycles. The van der Waals surface area contributed by atoms with E-state index in [0.29, 0.717) is 21.6 Å². The van der Waals surface area contributed by atoms with Crippen LogP contribution in [0.15, 0.2) is 58.7 Å². The van der Waals surface area contributed by atoms with Crippen molar-refractivity contribution in [2.45, 2.75) is 18.6 Å². The van der Waals surface area contributed by atoms with Gasteiger partial charge in [0.2, 0.25) is 11.8 Å². The number of benzene rings is 2. The van der Waals surface area contributed by atoms with Gasteiger partial charge in [-0.25, -0.2) is 4.79 Å². The number of carbonyl (C=O) groups excluding carboxylic acids is 2. The Bertz CT molecular complexity index is 1040. The predicted octanol–water partition coefficient (Wildman–Crippen LogP) is 3.38. The van der Waals surface area contributed by atoms with Crippen molar-refractivity contribution < 1.29 is 19.5 Å². The van der Waals surface area contributed by atoms with Gasteiger partial charge in [-0.3, -0.25) is 9.59 Å². The molecule has 1 aliphatic rings. The number of thioether (sulfide) groups is 1. The van der Waals surface area contributed by atoms with E-state index in [-0.39, 0.29) is 23.8 Å². The summed E-state index contributed by atoms with van der Waals surface area (Å²) in [5.74, 6) is -1.74. The summed E-state index contributed by atoms with van der Waals surface area (Å²) in [5, 5.41) is 22.6. The molecule has 3 rings (SSSR count). The number of nitrogens with one attached hydrogen (secondary N) is 2. The molecule has 1 saturated heterocycles. The van der Waals surface area contributed by atoms with Gasteiger partial charge in [0.05, 0.1) is 11.3 Å². The lowest BCUT2D eigenvalue weighted by Crippen LogP contribution is -2.28. The topological polar surface area (TPSA) is 120 Å². The maximum Gasteiger partial charge on any atom is 0.335 e. The highest BCUT2D eigenvalue weighted by atomic mass is 35.5. The van der Waals surface area contributed by atoms with Crippen molar-refractivity contribution in [3.8, 4) is 0 Å². The van der Waals surface area contributed by atoms with E-state index in [1.54, 1.807) is 19.1 Å². The molecular formula is C20H17ClN4O4S. The first kappa shape index (κ1) is 21.5. The minimum Gasteiger partial charge on any atom is -0.478 e. The van der Waals surface area contributed by atoms with Crippen molar-refractivity contribution in [1.82, 2.24) is 5.32 Å². The lowest BCUT2D eigenvalue weighted by Gasteiger charge is -2.07. The zero-order chi connectivity index (χ0) is 21.7. The van der Waals surface area contributed by atoms with Crippen LogP contribution in [0.4, 0.5) is 5.69 Å². The standard InChI is InChI=1S/C20H17ClN4O4S/c1-11(12-2-6-14(21)7-3-12)24-25-20-23-18(27)16(30-20)10-17(26)22-15-8-4-13(5-9-15)19(28)29/h2-9,16H,10H2,1H3,(H,22,26)(H,28,29)(H,23,25,27)/b24-11-/t16-/m1/s1. The average Bonchev–Trinajstić information content (AvgIpc) is 3.06. The van der Waals surface area contributed by atoms with Crippen LogP contribution in [0.5, 0.6) is 0 Å². The summed E-state index contributed by atoms with van der Waals surface area (Å²) >= 11 is 6.99. The fraction of sp³-hybridized carbons (Fsp3) is 0.150. The molecule has 0 unspecified atom stereocenters. The highest BCUT2D eigenvalue weighted by Gasteiger charge is 2.32. The number of nitrogens with zero attached hydrogens (tertiary/aromatic N) is 2. The van der Waals surface area contributed by atoms with Gasteiger partial charge in [0.15, 0.2) is 5.17 Å². The first-order valence-corrected chi connectivity index (χ1v) is 10.1. The summed E-state index contributed by atoms with van der Waals surface area (Å²) in [7, 11) is 0. The van der Waals surface area contributed by atoms with Gasteiger partial charge in [-0.05, 0) is 48.9 Å². The number of amidine groups is 1. The normalized spacial score (nSPS) is 17.7. The highest BCUT2D eigenvalue weighted by molar-refractivity contribution is 8.15. The van der Waals surface area contributed by atoms with Gasteiger partial charge in [0.25, 0.3) is 0 Å². The molecule has 30 heavy (non-hydrogen) atoms. The summed E-state index contributed by atoms with van der Waals surface area (Å²) in [5.41, 5.74) is 2.07. The molecule has 2 amide bonds. The zero-order valence-electron chi connectivity index (χ0n) is 15.8. The van der Waals surface area contributed by atoms with Gasteiger partial charge < -0.3 is 15.7 Å². The number of aromatic carboxylic acids is 1. The fourth-order valence-electron chi connectivity index (χ4n) is 2.53. The van der Waals surface area contributed by atoms with E-state index in [9.17, 15) is 14.4 Å². The molecule has 154 valence electrons. The number of hydrogen-bond acceptors (Lipinski definition) is 6. The van der Waals surface area contributed by atoms with Gasteiger partial charge in [-0.15, -0.1) is 5.10 Å². The SMILES string of the molecule is C/C(=N/N=C1\NC(=O)[C@@H](CC(=O)Nc2ccc(C(=O)O)cc2)S1)c1ccc(Cl)cc1. The van der Waals surface area contributed by atoms with E-state index in [1.807, 2.05) is 12.1 Å². The third kappa shape index (κ3) is 5.68. The Labute approximate surface area is 181 Å².